The number of likely N-dealkylation sites (tertiary alicyclic amines) is 1. The summed E-state index contributed by atoms with van der Waals surface area (Å²) in [5.74, 6) is 0. The van der Waals surface area contributed by atoms with Crippen molar-refractivity contribution < 1.29 is 9.47 Å². The second-order valence-electron chi connectivity index (χ2n) is 3.56. The molecule has 0 aromatic carbocycles. The van der Waals surface area contributed by atoms with Crippen LogP contribution >= 0.6 is 0 Å². The van der Waals surface area contributed by atoms with Crippen LogP contribution in [0.25, 0.3) is 0 Å². The van der Waals surface area contributed by atoms with Crippen LogP contribution in [-0.2, 0) is 9.47 Å². The van der Waals surface area contributed by atoms with Gasteiger partial charge in [0.05, 0.1) is 24.3 Å². The summed E-state index contributed by atoms with van der Waals surface area (Å²) in [6.07, 6.45) is 1.05. The first-order valence-electron chi connectivity index (χ1n) is 4.96. The predicted molar refractivity (Wildman–Crippen MR) is 52.9 cm³/mol. The molecule has 0 amide bonds. The van der Waals surface area contributed by atoms with Crippen molar-refractivity contribution in [1.29, 1.82) is 5.26 Å². The Hall–Kier alpha value is -0.630. The van der Waals surface area contributed by atoms with Crippen LogP contribution in [0.1, 0.15) is 13.3 Å². The van der Waals surface area contributed by atoms with E-state index in [9.17, 15) is 0 Å². The summed E-state index contributed by atoms with van der Waals surface area (Å²) in [6, 6.07) is 2.29. The molecule has 4 nitrogen and oxygen atoms in total. The maximum absolute atomic E-state index is 8.93. The Balaban J connectivity index is 2.56. The molecule has 0 aliphatic carbocycles. The third-order valence-corrected chi connectivity index (χ3v) is 2.83. The summed E-state index contributed by atoms with van der Waals surface area (Å²) in [4.78, 5) is 2.13. The highest BCUT2D eigenvalue weighted by Gasteiger charge is 2.35. The molecule has 0 spiro atoms. The molecular formula is C10H18N2O2. The van der Waals surface area contributed by atoms with Crippen molar-refractivity contribution >= 4 is 0 Å². The van der Waals surface area contributed by atoms with Crippen LogP contribution in [0.5, 0.6) is 0 Å². The van der Waals surface area contributed by atoms with Crippen molar-refractivity contribution in [3.8, 4) is 6.07 Å². The molecular weight excluding hydrogens is 180 g/mol. The van der Waals surface area contributed by atoms with Crippen molar-refractivity contribution in [2.45, 2.75) is 31.6 Å². The molecule has 0 radical (unpaired) electrons. The van der Waals surface area contributed by atoms with E-state index in [1.165, 1.54) is 0 Å². The molecule has 4 heteroatoms. The molecule has 0 bridgehead atoms. The molecule has 1 aliphatic rings. The van der Waals surface area contributed by atoms with Crippen molar-refractivity contribution in [2.75, 3.05) is 27.3 Å². The fourth-order valence-electron chi connectivity index (χ4n) is 1.91. The predicted octanol–water partition coefficient (Wildman–Crippen LogP) is 0.634. The molecule has 0 saturated carbocycles. The fraction of sp³-hybridized carbons (Fsp3) is 0.900. The Morgan fingerprint density at radius 1 is 1.36 bits per heavy atom. The topological polar surface area (TPSA) is 45.5 Å². The van der Waals surface area contributed by atoms with Crippen molar-refractivity contribution in [1.82, 2.24) is 4.90 Å². The molecule has 1 fully saturated rings. The third kappa shape index (κ3) is 2.24. The molecule has 14 heavy (non-hydrogen) atoms. The van der Waals surface area contributed by atoms with Gasteiger partial charge in [-0.25, -0.2) is 0 Å². The number of hydrogen-bond acceptors (Lipinski definition) is 4. The molecule has 0 N–H and O–H groups in total. The van der Waals surface area contributed by atoms with E-state index in [0.29, 0.717) is 0 Å². The van der Waals surface area contributed by atoms with Crippen LogP contribution in [-0.4, -0.2) is 50.5 Å². The third-order valence-electron chi connectivity index (χ3n) is 2.83. The van der Waals surface area contributed by atoms with E-state index in [4.69, 9.17) is 14.7 Å². The van der Waals surface area contributed by atoms with Gasteiger partial charge in [-0.2, -0.15) is 5.26 Å². The van der Waals surface area contributed by atoms with Crippen LogP contribution in [0, 0.1) is 11.3 Å². The average molecular weight is 198 g/mol. The summed E-state index contributed by atoms with van der Waals surface area (Å²) < 4.78 is 10.6. The maximum atomic E-state index is 8.93. The highest BCUT2D eigenvalue weighted by atomic mass is 16.5. The van der Waals surface area contributed by atoms with Gasteiger partial charge in [0.1, 0.15) is 0 Å². The van der Waals surface area contributed by atoms with Crippen molar-refractivity contribution in [3.63, 3.8) is 0 Å². The normalized spacial score (nSPS) is 30.1. The SMILES string of the molecule is CCC(C#N)N1CC(OC)C(OC)C1. The molecule has 1 saturated heterocycles. The Morgan fingerprint density at radius 3 is 2.14 bits per heavy atom. The second kappa shape index (κ2) is 5.30. The number of rotatable bonds is 4. The van der Waals surface area contributed by atoms with Crippen LogP contribution in [0.15, 0.2) is 0 Å². The minimum absolute atomic E-state index is 0.00667. The summed E-state index contributed by atoms with van der Waals surface area (Å²) in [5.41, 5.74) is 0. The Kier molecular flexibility index (Phi) is 4.33. The lowest BCUT2D eigenvalue weighted by molar-refractivity contribution is -0.00461. The molecule has 0 aromatic rings. The monoisotopic (exact) mass is 198 g/mol. The molecule has 1 rings (SSSR count). The van der Waals surface area contributed by atoms with Crippen LogP contribution in [0.4, 0.5) is 0 Å². The van der Waals surface area contributed by atoms with Crippen molar-refractivity contribution in [2.24, 2.45) is 0 Å². The lowest BCUT2D eigenvalue weighted by atomic mass is 10.2. The standard InChI is InChI=1S/C10H18N2O2/c1-4-8(5-11)12-6-9(13-2)10(7-12)14-3/h8-10H,4,6-7H2,1-3H3. The number of ether oxygens (including phenoxy) is 2. The lowest BCUT2D eigenvalue weighted by Crippen LogP contribution is -2.32. The number of hydrogen-bond donors (Lipinski definition) is 0. The zero-order valence-corrected chi connectivity index (χ0v) is 9.06. The number of nitriles is 1. The zero-order chi connectivity index (χ0) is 10.6. The van der Waals surface area contributed by atoms with Gasteiger partial charge in [-0.3, -0.25) is 4.90 Å². The van der Waals surface area contributed by atoms with Gasteiger partial charge >= 0.3 is 0 Å². The first-order chi connectivity index (χ1) is 6.76. The summed E-state index contributed by atoms with van der Waals surface area (Å²) in [6.45, 7) is 3.61. The first kappa shape index (κ1) is 11.4. The van der Waals surface area contributed by atoms with E-state index in [0.717, 1.165) is 19.5 Å². The number of nitrogens with zero attached hydrogens (tertiary/aromatic N) is 2. The molecule has 1 heterocycles. The highest BCUT2D eigenvalue weighted by molar-refractivity contribution is 4.97. The minimum atomic E-state index is -0.00667. The molecule has 80 valence electrons. The van der Waals surface area contributed by atoms with Gasteiger partial charge in [0.25, 0.3) is 0 Å². The Bertz CT molecular complexity index is 203. The maximum Gasteiger partial charge on any atom is 0.0977 e. The number of methoxy groups -OCH3 is 2. The van der Waals surface area contributed by atoms with Crippen LogP contribution < -0.4 is 0 Å². The van der Waals surface area contributed by atoms with Crippen LogP contribution in [0.2, 0.25) is 0 Å². The van der Waals surface area contributed by atoms with Gasteiger partial charge in [-0.05, 0) is 6.42 Å². The summed E-state index contributed by atoms with van der Waals surface area (Å²) in [5, 5.41) is 8.93. The van der Waals surface area contributed by atoms with Gasteiger partial charge in [0.2, 0.25) is 0 Å². The van der Waals surface area contributed by atoms with E-state index in [1.807, 2.05) is 6.92 Å². The van der Waals surface area contributed by atoms with Gasteiger partial charge in [0.15, 0.2) is 0 Å². The second-order valence-corrected chi connectivity index (χ2v) is 3.56. The van der Waals surface area contributed by atoms with Gasteiger partial charge in [0, 0.05) is 27.3 Å². The fourth-order valence-corrected chi connectivity index (χ4v) is 1.91. The van der Waals surface area contributed by atoms with E-state index in [1.54, 1.807) is 14.2 Å². The minimum Gasteiger partial charge on any atom is -0.377 e. The first-order valence-corrected chi connectivity index (χ1v) is 4.96. The largest absolute Gasteiger partial charge is 0.377 e. The Labute approximate surface area is 85.4 Å². The molecule has 3 atom stereocenters. The Morgan fingerprint density at radius 2 is 1.86 bits per heavy atom. The van der Waals surface area contributed by atoms with Crippen LogP contribution in [0.3, 0.4) is 0 Å². The summed E-state index contributed by atoms with van der Waals surface area (Å²) in [7, 11) is 3.38. The smallest absolute Gasteiger partial charge is 0.0977 e. The molecule has 1 aliphatic heterocycles. The van der Waals surface area contributed by atoms with E-state index in [2.05, 4.69) is 11.0 Å². The lowest BCUT2D eigenvalue weighted by Gasteiger charge is -2.19. The highest BCUT2D eigenvalue weighted by Crippen LogP contribution is 2.19. The molecule has 3 unspecified atom stereocenters. The van der Waals surface area contributed by atoms with E-state index in [-0.39, 0.29) is 18.2 Å². The van der Waals surface area contributed by atoms with Gasteiger partial charge in [-0.15, -0.1) is 0 Å². The average Bonchev–Trinajstić information content (AvgIpc) is 2.63. The van der Waals surface area contributed by atoms with Gasteiger partial charge < -0.3 is 9.47 Å². The van der Waals surface area contributed by atoms with E-state index >= 15 is 0 Å². The van der Waals surface area contributed by atoms with Crippen molar-refractivity contribution in [3.05, 3.63) is 0 Å². The zero-order valence-electron chi connectivity index (χ0n) is 9.06. The quantitative estimate of drug-likeness (QED) is 0.665. The summed E-state index contributed by atoms with van der Waals surface area (Å²) >= 11 is 0. The van der Waals surface area contributed by atoms with Gasteiger partial charge in [-0.1, -0.05) is 6.92 Å². The van der Waals surface area contributed by atoms with E-state index < -0.39 is 0 Å². The molecule has 0 aromatic heterocycles.